The van der Waals surface area contributed by atoms with Gasteiger partial charge in [-0.15, -0.1) is 0 Å². The average molecular weight is 405 g/mol. The molecule has 29 heavy (non-hydrogen) atoms. The van der Waals surface area contributed by atoms with Crippen molar-refractivity contribution < 1.29 is 4.74 Å². The van der Waals surface area contributed by atoms with E-state index < -0.39 is 0 Å². The van der Waals surface area contributed by atoms with Crippen molar-refractivity contribution in [1.29, 1.82) is 0 Å². The first kappa shape index (κ1) is 23.6. The van der Waals surface area contributed by atoms with Crippen molar-refractivity contribution in [2.75, 3.05) is 6.61 Å². The summed E-state index contributed by atoms with van der Waals surface area (Å²) in [5, 5.41) is 0. The molecule has 3 fully saturated rings. The first-order valence-corrected chi connectivity index (χ1v) is 13.9. The van der Waals surface area contributed by atoms with E-state index in [1.165, 1.54) is 70.6 Å². The van der Waals surface area contributed by atoms with Gasteiger partial charge in [-0.3, -0.25) is 0 Å². The van der Waals surface area contributed by atoms with E-state index >= 15 is 0 Å². The van der Waals surface area contributed by atoms with Crippen molar-refractivity contribution in [2.24, 2.45) is 29.6 Å². The molecule has 0 amide bonds. The first-order valence-electron chi connectivity index (χ1n) is 13.9. The summed E-state index contributed by atoms with van der Waals surface area (Å²) in [6.07, 6.45) is 28.6. The average Bonchev–Trinajstić information content (AvgIpc) is 2.78. The Morgan fingerprint density at radius 2 is 1.00 bits per heavy atom. The van der Waals surface area contributed by atoms with Crippen LogP contribution in [0.2, 0.25) is 0 Å². The zero-order valence-electron chi connectivity index (χ0n) is 20.0. The van der Waals surface area contributed by atoms with Crippen molar-refractivity contribution in [3.8, 4) is 0 Å². The Bertz CT molecular complexity index is 395. The predicted molar refractivity (Wildman–Crippen MR) is 126 cm³/mol. The topological polar surface area (TPSA) is 9.23 Å². The van der Waals surface area contributed by atoms with Crippen molar-refractivity contribution in [2.45, 2.75) is 142 Å². The van der Waals surface area contributed by atoms with Crippen LogP contribution in [0.3, 0.4) is 0 Å². The van der Waals surface area contributed by atoms with Crippen LogP contribution in [0.15, 0.2) is 0 Å². The number of hydrogen-bond donors (Lipinski definition) is 0. The van der Waals surface area contributed by atoms with Crippen LogP contribution in [0.4, 0.5) is 0 Å². The molecule has 0 bridgehead atoms. The Morgan fingerprint density at radius 3 is 1.52 bits per heavy atom. The largest absolute Gasteiger partial charge is 0.378 e. The summed E-state index contributed by atoms with van der Waals surface area (Å²) >= 11 is 0. The van der Waals surface area contributed by atoms with Gasteiger partial charge in [0.05, 0.1) is 6.10 Å². The van der Waals surface area contributed by atoms with Crippen LogP contribution in [0.25, 0.3) is 0 Å². The van der Waals surface area contributed by atoms with Crippen LogP contribution in [-0.2, 0) is 4.74 Å². The van der Waals surface area contributed by atoms with Gasteiger partial charge in [-0.2, -0.15) is 0 Å². The van der Waals surface area contributed by atoms with E-state index in [-0.39, 0.29) is 0 Å². The molecule has 0 saturated heterocycles. The summed E-state index contributed by atoms with van der Waals surface area (Å²) in [5.74, 6) is 5.33. The smallest absolute Gasteiger partial charge is 0.0575 e. The normalized spacial score (nSPS) is 36.2. The number of unbranched alkanes of at least 4 members (excludes halogenated alkanes) is 4. The third-order valence-electron chi connectivity index (χ3n) is 9.03. The number of hydrogen-bond acceptors (Lipinski definition) is 1. The third kappa shape index (κ3) is 7.86. The second-order valence-electron chi connectivity index (χ2n) is 11.1. The van der Waals surface area contributed by atoms with Crippen LogP contribution in [0.1, 0.15) is 136 Å². The van der Waals surface area contributed by atoms with Gasteiger partial charge in [-0.1, -0.05) is 65.2 Å². The molecule has 0 aliphatic heterocycles. The molecule has 0 N–H and O–H groups in total. The van der Waals surface area contributed by atoms with E-state index in [1.54, 1.807) is 51.4 Å². The molecule has 1 nitrogen and oxygen atoms in total. The maximum Gasteiger partial charge on any atom is 0.0575 e. The van der Waals surface area contributed by atoms with Gasteiger partial charge in [-0.05, 0) is 100 Å². The molecular weight excluding hydrogens is 352 g/mol. The lowest BCUT2D eigenvalue weighted by Gasteiger charge is -2.41. The van der Waals surface area contributed by atoms with E-state index in [4.69, 9.17) is 4.74 Å². The summed E-state index contributed by atoms with van der Waals surface area (Å²) in [7, 11) is 0. The molecule has 0 aromatic rings. The van der Waals surface area contributed by atoms with Crippen molar-refractivity contribution in [3.05, 3.63) is 0 Å². The highest BCUT2D eigenvalue weighted by atomic mass is 16.5. The van der Waals surface area contributed by atoms with Gasteiger partial charge in [0.2, 0.25) is 0 Å². The highest BCUT2D eigenvalue weighted by molar-refractivity contribution is 4.86. The summed E-state index contributed by atoms with van der Waals surface area (Å²) < 4.78 is 6.01. The third-order valence-corrected chi connectivity index (χ3v) is 9.03. The molecule has 0 heterocycles. The Morgan fingerprint density at radius 1 is 0.517 bits per heavy atom. The zero-order valence-corrected chi connectivity index (χ0v) is 20.0. The molecule has 0 atom stereocenters. The second-order valence-corrected chi connectivity index (χ2v) is 11.1. The van der Waals surface area contributed by atoms with Crippen LogP contribution in [0.5, 0.6) is 0 Å². The van der Waals surface area contributed by atoms with E-state index in [2.05, 4.69) is 13.8 Å². The Kier molecular flexibility index (Phi) is 10.9. The van der Waals surface area contributed by atoms with Gasteiger partial charge >= 0.3 is 0 Å². The Balaban J connectivity index is 1.27. The van der Waals surface area contributed by atoms with E-state index in [1.807, 2.05) is 0 Å². The van der Waals surface area contributed by atoms with E-state index in [9.17, 15) is 0 Å². The molecular formula is C28H52O. The molecule has 3 aliphatic rings. The molecule has 3 aliphatic carbocycles. The standard InChI is InChI=1S/C28H52O/c1-3-5-6-7-8-9-23-10-12-24(13-11-23)25-14-16-26(17-15-25)27-18-20-28(21-19-27)29-22-4-2/h23-28H,3-22H2,1-2H3. The van der Waals surface area contributed by atoms with Gasteiger partial charge in [0, 0.05) is 6.61 Å². The lowest BCUT2D eigenvalue weighted by Crippen LogP contribution is -2.31. The SMILES string of the molecule is CCCCCCCC1CCC(C2CCC(C3CCC(OCCC)CC3)CC2)CC1. The summed E-state index contributed by atoms with van der Waals surface area (Å²) in [4.78, 5) is 0. The second kappa shape index (κ2) is 13.4. The summed E-state index contributed by atoms with van der Waals surface area (Å²) in [6.45, 7) is 5.52. The molecule has 170 valence electrons. The lowest BCUT2D eigenvalue weighted by atomic mass is 9.65. The zero-order chi connectivity index (χ0) is 20.3. The maximum atomic E-state index is 6.01. The summed E-state index contributed by atoms with van der Waals surface area (Å²) in [5.41, 5.74) is 0. The fourth-order valence-corrected chi connectivity index (χ4v) is 7.08. The number of ether oxygens (including phenoxy) is 1. The van der Waals surface area contributed by atoms with E-state index in [0.29, 0.717) is 6.10 Å². The van der Waals surface area contributed by atoms with Crippen molar-refractivity contribution in [1.82, 2.24) is 0 Å². The van der Waals surface area contributed by atoms with Crippen LogP contribution < -0.4 is 0 Å². The molecule has 3 rings (SSSR count). The molecule has 3 saturated carbocycles. The molecule has 0 spiro atoms. The fourth-order valence-electron chi connectivity index (χ4n) is 7.08. The van der Waals surface area contributed by atoms with Crippen molar-refractivity contribution >= 4 is 0 Å². The quantitative estimate of drug-likeness (QED) is 0.312. The Hall–Kier alpha value is -0.0400. The first-order chi connectivity index (χ1) is 14.3. The minimum absolute atomic E-state index is 0.587. The Labute approximate surface area is 183 Å². The minimum Gasteiger partial charge on any atom is -0.378 e. The van der Waals surface area contributed by atoms with Gasteiger partial charge in [0.1, 0.15) is 0 Å². The van der Waals surface area contributed by atoms with Crippen LogP contribution >= 0.6 is 0 Å². The minimum atomic E-state index is 0.587. The molecule has 0 radical (unpaired) electrons. The summed E-state index contributed by atoms with van der Waals surface area (Å²) in [6, 6.07) is 0. The van der Waals surface area contributed by atoms with Gasteiger partial charge < -0.3 is 4.74 Å². The monoisotopic (exact) mass is 404 g/mol. The van der Waals surface area contributed by atoms with Gasteiger partial charge in [0.25, 0.3) is 0 Å². The van der Waals surface area contributed by atoms with Gasteiger partial charge in [0.15, 0.2) is 0 Å². The predicted octanol–water partition coefficient (Wildman–Crippen LogP) is 8.95. The maximum absolute atomic E-state index is 6.01. The van der Waals surface area contributed by atoms with Crippen LogP contribution in [0, 0.1) is 29.6 Å². The van der Waals surface area contributed by atoms with Crippen molar-refractivity contribution in [3.63, 3.8) is 0 Å². The highest BCUT2D eigenvalue weighted by Crippen LogP contribution is 2.46. The number of rotatable bonds is 11. The van der Waals surface area contributed by atoms with Crippen LogP contribution in [-0.4, -0.2) is 12.7 Å². The molecule has 0 aromatic heterocycles. The van der Waals surface area contributed by atoms with E-state index in [0.717, 1.165) is 36.2 Å². The fraction of sp³-hybridized carbons (Fsp3) is 1.00. The molecule has 0 unspecified atom stereocenters. The lowest BCUT2D eigenvalue weighted by molar-refractivity contribution is 0.00568. The highest BCUT2D eigenvalue weighted by Gasteiger charge is 2.34. The molecule has 0 aromatic carbocycles. The van der Waals surface area contributed by atoms with Gasteiger partial charge in [-0.25, -0.2) is 0 Å². The molecule has 1 heteroatoms.